The summed E-state index contributed by atoms with van der Waals surface area (Å²) in [5, 5.41) is 13.2. The molecule has 0 aliphatic heterocycles. The van der Waals surface area contributed by atoms with Crippen LogP contribution < -0.4 is 10.9 Å². The number of nitrogens with one attached hydrogen (secondary N) is 1. The summed E-state index contributed by atoms with van der Waals surface area (Å²) >= 11 is 0. The van der Waals surface area contributed by atoms with Crippen molar-refractivity contribution < 1.29 is 9.90 Å². The summed E-state index contributed by atoms with van der Waals surface area (Å²) in [6.07, 6.45) is 4.14. The number of hydrogen-bond donors (Lipinski definition) is 2. The molecule has 1 amide bonds. The maximum absolute atomic E-state index is 12.3. The van der Waals surface area contributed by atoms with E-state index in [9.17, 15) is 14.7 Å². The minimum absolute atomic E-state index is 0.143. The van der Waals surface area contributed by atoms with Crippen molar-refractivity contribution in [1.82, 2.24) is 14.9 Å². The van der Waals surface area contributed by atoms with E-state index in [-0.39, 0.29) is 31.0 Å². The maximum atomic E-state index is 12.3. The Kier molecular flexibility index (Phi) is 3.94. The number of aliphatic hydroxyl groups is 1. The average molecular weight is 301 g/mol. The van der Waals surface area contributed by atoms with Crippen LogP contribution in [0.25, 0.3) is 10.9 Å². The number of fused-ring (bicyclic) bond motifs is 1. The van der Waals surface area contributed by atoms with Gasteiger partial charge >= 0.3 is 0 Å². The van der Waals surface area contributed by atoms with E-state index in [2.05, 4.69) is 10.3 Å². The second-order valence-electron chi connectivity index (χ2n) is 5.86. The van der Waals surface area contributed by atoms with Gasteiger partial charge in [-0.2, -0.15) is 0 Å². The van der Waals surface area contributed by atoms with Gasteiger partial charge in [-0.1, -0.05) is 12.1 Å². The van der Waals surface area contributed by atoms with Gasteiger partial charge < -0.3 is 10.4 Å². The van der Waals surface area contributed by atoms with Gasteiger partial charge in [-0.05, 0) is 31.4 Å². The molecule has 22 heavy (non-hydrogen) atoms. The van der Waals surface area contributed by atoms with E-state index in [1.807, 2.05) is 6.07 Å². The minimum Gasteiger partial charge on any atom is -0.388 e. The second-order valence-corrected chi connectivity index (χ2v) is 5.86. The first-order valence-corrected chi connectivity index (χ1v) is 7.51. The molecule has 6 heteroatoms. The molecule has 6 nitrogen and oxygen atoms in total. The molecule has 1 aliphatic rings. The predicted octanol–water partition coefficient (Wildman–Crippen LogP) is 0.818. The minimum atomic E-state index is -0.725. The molecule has 0 unspecified atom stereocenters. The van der Waals surface area contributed by atoms with Crippen LogP contribution in [0.4, 0.5) is 0 Å². The molecule has 1 saturated carbocycles. The standard InChI is InChI=1S/C16H19N3O3/c20-14(17-10-16(22)7-3-8-16)6-9-19-11-18-13-5-2-1-4-12(13)15(19)21/h1-2,4-5,11,22H,3,6-10H2,(H,17,20). The first-order valence-electron chi connectivity index (χ1n) is 7.51. The van der Waals surface area contributed by atoms with Crippen LogP contribution in [-0.2, 0) is 11.3 Å². The fourth-order valence-corrected chi connectivity index (χ4v) is 2.60. The Morgan fingerprint density at radius 3 is 2.86 bits per heavy atom. The molecule has 0 radical (unpaired) electrons. The van der Waals surface area contributed by atoms with Crippen LogP contribution in [-0.4, -0.2) is 32.7 Å². The van der Waals surface area contributed by atoms with Crippen LogP contribution in [0, 0.1) is 0 Å². The SMILES string of the molecule is O=C(CCn1cnc2ccccc2c1=O)NCC1(O)CCC1. The Labute approximate surface area is 127 Å². The molecule has 0 atom stereocenters. The molecule has 0 saturated heterocycles. The van der Waals surface area contributed by atoms with E-state index in [1.54, 1.807) is 18.2 Å². The summed E-state index contributed by atoms with van der Waals surface area (Å²) < 4.78 is 1.44. The topological polar surface area (TPSA) is 84.2 Å². The number of para-hydroxylation sites is 1. The highest BCUT2D eigenvalue weighted by Gasteiger charge is 2.34. The average Bonchev–Trinajstić information content (AvgIpc) is 2.50. The maximum Gasteiger partial charge on any atom is 0.261 e. The number of carbonyl (C=O) groups is 1. The summed E-state index contributed by atoms with van der Waals surface area (Å²) in [6, 6.07) is 7.14. The van der Waals surface area contributed by atoms with E-state index >= 15 is 0 Å². The van der Waals surface area contributed by atoms with Crippen molar-refractivity contribution in [2.75, 3.05) is 6.54 Å². The predicted molar refractivity (Wildman–Crippen MR) is 82.4 cm³/mol. The molecule has 1 aliphatic carbocycles. The van der Waals surface area contributed by atoms with E-state index in [0.29, 0.717) is 10.9 Å². The number of amides is 1. The lowest BCUT2D eigenvalue weighted by Gasteiger charge is -2.36. The lowest BCUT2D eigenvalue weighted by molar-refractivity contribution is -0.123. The van der Waals surface area contributed by atoms with E-state index in [4.69, 9.17) is 0 Å². The molecule has 116 valence electrons. The Balaban J connectivity index is 1.60. The van der Waals surface area contributed by atoms with Gasteiger partial charge in [0.15, 0.2) is 0 Å². The van der Waals surface area contributed by atoms with Crippen LogP contribution in [0.5, 0.6) is 0 Å². The fraction of sp³-hybridized carbons (Fsp3) is 0.438. The van der Waals surface area contributed by atoms with Gasteiger partial charge in [0.05, 0.1) is 22.8 Å². The molecule has 0 spiro atoms. The van der Waals surface area contributed by atoms with Crippen LogP contribution >= 0.6 is 0 Å². The number of aromatic nitrogens is 2. The molecule has 3 rings (SSSR count). The highest BCUT2D eigenvalue weighted by atomic mass is 16.3. The van der Waals surface area contributed by atoms with Crippen LogP contribution in [0.15, 0.2) is 35.4 Å². The summed E-state index contributed by atoms with van der Waals surface area (Å²) in [6.45, 7) is 0.567. The van der Waals surface area contributed by atoms with Gasteiger partial charge in [0.25, 0.3) is 5.56 Å². The summed E-state index contributed by atoms with van der Waals surface area (Å²) in [5.74, 6) is -0.166. The zero-order valence-electron chi connectivity index (χ0n) is 12.3. The number of benzene rings is 1. The van der Waals surface area contributed by atoms with Crippen molar-refractivity contribution in [3.05, 3.63) is 40.9 Å². The lowest BCUT2D eigenvalue weighted by atomic mass is 9.80. The third kappa shape index (κ3) is 3.01. The Hall–Kier alpha value is -2.21. The van der Waals surface area contributed by atoms with E-state index in [0.717, 1.165) is 19.3 Å². The largest absolute Gasteiger partial charge is 0.388 e. The van der Waals surface area contributed by atoms with Gasteiger partial charge in [0.2, 0.25) is 5.91 Å². The quantitative estimate of drug-likeness (QED) is 0.856. The number of aryl methyl sites for hydroxylation is 1. The van der Waals surface area contributed by atoms with Crippen LogP contribution in [0.1, 0.15) is 25.7 Å². The Bertz CT molecular complexity index is 750. The van der Waals surface area contributed by atoms with Crippen LogP contribution in [0.3, 0.4) is 0 Å². The van der Waals surface area contributed by atoms with Gasteiger partial charge in [0.1, 0.15) is 0 Å². The van der Waals surface area contributed by atoms with Crippen molar-refractivity contribution in [1.29, 1.82) is 0 Å². The third-order valence-electron chi connectivity index (χ3n) is 4.21. The van der Waals surface area contributed by atoms with Crippen molar-refractivity contribution in [3.63, 3.8) is 0 Å². The molecule has 2 N–H and O–H groups in total. The molecule has 2 aromatic rings. The van der Waals surface area contributed by atoms with Crippen molar-refractivity contribution in [2.24, 2.45) is 0 Å². The molecule has 1 heterocycles. The molecule has 1 fully saturated rings. The molecule has 0 bridgehead atoms. The first-order chi connectivity index (χ1) is 10.6. The summed E-state index contributed by atoms with van der Waals surface area (Å²) in [7, 11) is 0. The number of carbonyl (C=O) groups excluding carboxylic acids is 1. The molecular weight excluding hydrogens is 282 g/mol. The van der Waals surface area contributed by atoms with Gasteiger partial charge in [-0.15, -0.1) is 0 Å². The highest BCUT2D eigenvalue weighted by molar-refractivity contribution is 5.77. The summed E-state index contributed by atoms with van der Waals surface area (Å²) in [4.78, 5) is 28.3. The highest BCUT2D eigenvalue weighted by Crippen LogP contribution is 2.30. The Morgan fingerprint density at radius 1 is 1.36 bits per heavy atom. The second kappa shape index (κ2) is 5.88. The van der Waals surface area contributed by atoms with Gasteiger partial charge in [-0.3, -0.25) is 14.2 Å². The van der Waals surface area contributed by atoms with Crippen molar-refractivity contribution in [3.8, 4) is 0 Å². The smallest absolute Gasteiger partial charge is 0.261 e. The fourth-order valence-electron chi connectivity index (χ4n) is 2.60. The third-order valence-corrected chi connectivity index (χ3v) is 4.21. The van der Waals surface area contributed by atoms with Crippen LogP contribution in [0.2, 0.25) is 0 Å². The van der Waals surface area contributed by atoms with E-state index < -0.39 is 5.60 Å². The monoisotopic (exact) mass is 301 g/mol. The van der Waals surface area contributed by atoms with E-state index in [1.165, 1.54) is 10.9 Å². The van der Waals surface area contributed by atoms with Crippen molar-refractivity contribution in [2.45, 2.75) is 37.8 Å². The molecular formula is C16H19N3O3. The summed E-state index contributed by atoms with van der Waals surface area (Å²) in [5.41, 5.74) is -0.215. The lowest BCUT2D eigenvalue weighted by Crippen LogP contribution is -2.47. The Morgan fingerprint density at radius 2 is 2.14 bits per heavy atom. The number of hydrogen-bond acceptors (Lipinski definition) is 4. The zero-order chi connectivity index (χ0) is 15.6. The molecule has 1 aromatic carbocycles. The molecule has 1 aromatic heterocycles. The van der Waals surface area contributed by atoms with Gasteiger partial charge in [-0.25, -0.2) is 4.98 Å². The van der Waals surface area contributed by atoms with Crippen molar-refractivity contribution >= 4 is 16.8 Å². The first kappa shape index (κ1) is 14.7. The number of nitrogens with zero attached hydrogens (tertiary/aromatic N) is 2. The zero-order valence-corrected chi connectivity index (χ0v) is 12.3. The van der Waals surface area contributed by atoms with Gasteiger partial charge in [0, 0.05) is 19.5 Å². The normalized spacial score (nSPS) is 16.2. The number of rotatable bonds is 5.